The van der Waals surface area contributed by atoms with Crippen LogP contribution < -0.4 is 24.3 Å². The maximum Gasteiger partial charge on any atom is 0.262 e. The van der Waals surface area contributed by atoms with E-state index in [0.29, 0.717) is 22.9 Å². The van der Waals surface area contributed by atoms with E-state index in [4.69, 9.17) is 24.3 Å². The van der Waals surface area contributed by atoms with Gasteiger partial charge in [0, 0.05) is 22.5 Å². The van der Waals surface area contributed by atoms with E-state index in [1.165, 1.54) is 11.3 Å². The number of benzene rings is 2. The Bertz CT molecular complexity index is 1240. The molecule has 0 aliphatic carbocycles. The fraction of sp³-hybridized carbons (Fsp3) is 0.261. The molecule has 8 nitrogen and oxygen atoms in total. The Morgan fingerprint density at radius 3 is 2.78 bits per heavy atom. The number of carbonyl (C=O) groups is 1. The van der Waals surface area contributed by atoms with Gasteiger partial charge in [0.15, 0.2) is 6.61 Å². The minimum absolute atomic E-state index is 0.0227. The van der Waals surface area contributed by atoms with Gasteiger partial charge in [0.2, 0.25) is 4.80 Å². The molecule has 1 amide bonds. The van der Waals surface area contributed by atoms with Gasteiger partial charge in [0.05, 0.1) is 31.8 Å². The zero-order valence-electron chi connectivity index (χ0n) is 18.3. The second-order valence-electron chi connectivity index (χ2n) is 7.34. The molecule has 166 valence electrons. The fourth-order valence-corrected chi connectivity index (χ4v) is 4.19. The second kappa shape index (κ2) is 9.27. The van der Waals surface area contributed by atoms with Crippen molar-refractivity contribution in [2.45, 2.75) is 19.9 Å². The van der Waals surface area contributed by atoms with Crippen LogP contribution in [0.2, 0.25) is 0 Å². The van der Waals surface area contributed by atoms with Crippen molar-refractivity contribution in [2.75, 3.05) is 26.1 Å². The van der Waals surface area contributed by atoms with E-state index in [1.807, 2.05) is 55.6 Å². The minimum atomic E-state index is -0.175. The van der Waals surface area contributed by atoms with E-state index in [1.54, 1.807) is 25.1 Å². The minimum Gasteiger partial charge on any atom is -0.497 e. The summed E-state index contributed by atoms with van der Waals surface area (Å²) in [5, 5.41) is 9.58. The summed E-state index contributed by atoms with van der Waals surface area (Å²) in [6.45, 7) is 4.06. The molecule has 0 saturated carbocycles. The summed E-state index contributed by atoms with van der Waals surface area (Å²) in [6, 6.07) is 11.3. The van der Waals surface area contributed by atoms with Crippen LogP contribution in [0.25, 0.3) is 11.3 Å². The molecule has 1 aromatic heterocycles. The van der Waals surface area contributed by atoms with E-state index in [0.717, 1.165) is 21.6 Å². The molecule has 0 spiro atoms. The van der Waals surface area contributed by atoms with Crippen molar-refractivity contribution in [1.29, 1.82) is 0 Å². The van der Waals surface area contributed by atoms with Gasteiger partial charge in [-0.05, 0) is 50.2 Å². The van der Waals surface area contributed by atoms with Crippen LogP contribution in [0.5, 0.6) is 17.2 Å². The number of thiazole rings is 1. The third-order valence-electron chi connectivity index (χ3n) is 4.71. The highest BCUT2D eigenvalue weighted by Gasteiger charge is 2.18. The number of aromatic nitrogens is 1. The van der Waals surface area contributed by atoms with E-state index in [-0.39, 0.29) is 18.6 Å². The summed E-state index contributed by atoms with van der Waals surface area (Å²) in [5.74, 6) is 1.86. The molecule has 9 heteroatoms. The predicted molar refractivity (Wildman–Crippen MR) is 125 cm³/mol. The molecule has 0 bridgehead atoms. The predicted octanol–water partition coefficient (Wildman–Crippen LogP) is 3.76. The molecule has 4 rings (SSSR count). The number of nitrogens with one attached hydrogen (secondary N) is 1. The SMILES string of the molecule is COc1ccc(OC)c(C=Nn2c(-c3ccc4c(c3)NC(=O)CO4)csc2=NC(C)C)c1. The number of hydrogen-bond acceptors (Lipinski definition) is 7. The van der Waals surface area contributed by atoms with Crippen molar-refractivity contribution in [3.63, 3.8) is 0 Å². The first-order valence-electron chi connectivity index (χ1n) is 10.1. The highest BCUT2D eigenvalue weighted by molar-refractivity contribution is 7.07. The molecular formula is C23H24N4O4S. The van der Waals surface area contributed by atoms with Gasteiger partial charge in [0.1, 0.15) is 17.2 Å². The summed E-state index contributed by atoms with van der Waals surface area (Å²) in [7, 11) is 3.23. The first kappa shape index (κ1) is 21.6. The molecule has 32 heavy (non-hydrogen) atoms. The van der Waals surface area contributed by atoms with Crippen molar-refractivity contribution in [1.82, 2.24) is 4.68 Å². The maximum absolute atomic E-state index is 11.7. The largest absolute Gasteiger partial charge is 0.497 e. The van der Waals surface area contributed by atoms with Gasteiger partial charge in [-0.25, -0.2) is 4.68 Å². The zero-order valence-corrected chi connectivity index (χ0v) is 19.1. The third kappa shape index (κ3) is 4.52. The van der Waals surface area contributed by atoms with Crippen LogP contribution in [0.4, 0.5) is 5.69 Å². The van der Waals surface area contributed by atoms with Crippen molar-refractivity contribution in [3.8, 4) is 28.5 Å². The van der Waals surface area contributed by atoms with Crippen molar-refractivity contribution < 1.29 is 19.0 Å². The fourth-order valence-electron chi connectivity index (χ4n) is 3.22. The van der Waals surface area contributed by atoms with Crippen LogP contribution in [0.3, 0.4) is 0 Å². The third-order valence-corrected chi connectivity index (χ3v) is 5.54. The second-order valence-corrected chi connectivity index (χ2v) is 8.17. The summed E-state index contributed by atoms with van der Waals surface area (Å²) in [5.41, 5.74) is 3.14. The lowest BCUT2D eigenvalue weighted by molar-refractivity contribution is -0.118. The molecular weight excluding hydrogens is 428 g/mol. The first-order chi connectivity index (χ1) is 15.5. The van der Waals surface area contributed by atoms with Gasteiger partial charge < -0.3 is 19.5 Å². The van der Waals surface area contributed by atoms with E-state index >= 15 is 0 Å². The summed E-state index contributed by atoms with van der Waals surface area (Å²) < 4.78 is 18.1. The normalized spacial score (nSPS) is 13.8. The first-order valence-corrected chi connectivity index (χ1v) is 10.9. The number of amides is 1. The van der Waals surface area contributed by atoms with Crippen LogP contribution in [0, 0.1) is 0 Å². The van der Waals surface area contributed by atoms with Crippen LogP contribution in [0.1, 0.15) is 19.4 Å². The smallest absolute Gasteiger partial charge is 0.262 e. The Hall–Kier alpha value is -3.59. The van der Waals surface area contributed by atoms with Crippen LogP contribution in [-0.2, 0) is 4.79 Å². The zero-order chi connectivity index (χ0) is 22.7. The monoisotopic (exact) mass is 452 g/mol. The van der Waals surface area contributed by atoms with Crippen LogP contribution in [-0.4, -0.2) is 43.7 Å². The topological polar surface area (TPSA) is 86.4 Å². The Balaban J connectivity index is 1.81. The van der Waals surface area contributed by atoms with Crippen molar-refractivity contribution in [2.24, 2.45) is 10.1 Å². The molecule has 2 heterocycles. The average molecular weight is 453 g/mol. The number of carbonyl (C=O) groups excluding carboxylic acids is 1. The molecule has 0 fully saturated rings. The highest BCUT2D eigenvalue weighted by atomic mass is 32.1. The van der Waals surface area contributed by atoms with Crippen LogP contribution in [0.15, 0.2) is 51.9 Å². The molecule has 0 atom stereocenters. The summed E-state index contributed by atoms with van der Waals surface area (Å²) in [6.07, 6.45) is 1.72. The van der Waals surface area contributed by atoms with E-state index in [9.17, 15) is 4.79 Å². The molecule has 0 unspecified atom stereocenters. The van der Waals surface area contributed by atoms with Gasteiger partial charge in [-0.2, -0.15) is 5.10 Å². The molecule has 2 aromatic carbocycles. The van der Waals surface area contributed by atoms with Gasteiger partial charge in [-0.1, -0.05) is 0 Å². The molecule has 1 aliphatic rings. The van der Waals surface area contributed by atoms with Gasteiger partial charge in [0.25, 0.3) is 5.91 Å². The van der Waals surface area contributed by atoms with Gasteiger partial charge in [-0.3, -0.25) is 9.79 Å². The summed E-state index contributed by atoms with van der Waals surface area (Å²) in [4.78, 5) is 17.2. The number of ether oxygens (including phenoxy) is 3. The van der Waals surface area contributed by atoms with Crippen molar-refractivity contribution >= 4 is 29.1 Å². The lowest BCUT2D eigenvalue weighted by atomic mass is 10.1. The maximum atomic E-state index is 11.7. The molecule has 1 aliphatic heterocycles. The lowest BCUT2D eigenvalue weighted by Gasteiger charge is -2.18. The summed E-state index contributed by atoms with van der Waals surface area (Å²) >= 11 is 1.50. The number of rotatable bonds is 6. The Labute approximate surface area is 189 Å². The molecule has 1 N–H and O–H groups in total. The quantitative estimate of drug-likeness (QED) is 0.577. The Morgan fingerprint density at radius 2 is 2.03 bits per heavy atom. The Kier molecular flexibility index (Phi) is 6.27. The number of nitrogens with zero attached hydrogens (tertiary/aromatic N) is 3. The van der Waals surface area contributed by atoms with Gasteiger partial charge >= 0.3 is 0 Å². The molecule has 0 radical (unpaired) electrons. The average Bonchev–Trinajstić information content (AvgIpc) is 3.18. The van der Waals surface area contributed by atoms with Gasteiger partial charge in [-0.15, -0.1) is 11.3 Å². The number of fused-ring (bicyclic) bond motifs is 1. The Morgan fingerprint density at radius 1 is 1.19 bits per heavy atom. The van der Waals surface area contributed by atoms with E-state index in [2.05, 4.69) is 5.32 Å². The molecule has 3 aromatic rings. The number of methoxy groups -OCH3 is 2. The van der Waals surface area contributed by atoms with Crippen LogP contribution >= 0.6 is 11.3 Å². The highest BCUT2D eigenvalue weighted by Crippen LogP contribution is 2.33. The lowest BCUT2D eigenvalue weighted by Crippen LogP contribution is -2.25. The number of hydrogen-bond donors (Lipinski definition) is 1. The number of anilines is 1. The van der Waals surface area contributed by atoms with Crippen molar-refractivity contribution in [3.05, 3.63) is 52.1 Å². The standard InChI is InChI=1S/C23H24N4O4S/c1-14(2)25-23-27(24-11-16-9-17(29-3)6-8-20(16)30-4)19(13-32-23)15-5-7-21-18(10-15)26-22(28)12-31-21/h5-11,13-14H,12H2,1-4H3,(H,26,28). The van der Waals surface area contributed by atoms with E-state index < -0.39 is 0 Å². The molecule has 0 saturated heterocycles.